The number of rotatable bonds is 8. The largest absolute Gasteiger partial charge is 0.507 e. The van der Waals surface area contributed by atoms with Crippen molar-refractivity contribution in [1.82, 2.24) is 0 Å². The molecule has 0 saturated heterocycles. The molecule has 3 heteroatoms. The highest BCUT2D eigenvalue weighted by Crippen LogP contribution is 2.30. The summed E-state index contributed by atoms with van der Waals surface area (Å²) in [6, 6.07) is 21.2. The summed E-state index contributed by atoms with van der Waals surface area (Å²) in [7, 11) is 0. The lowest BCUT2D eigenvalue weighted by Crippen LogP contribution is -2.00. The Morgan fingerprint density at radius 1 is 0.964 bits per heavy atom. The highest BCUT2D eigenvalue weighted by atomic mass is 16.3. The van der Waals surface area contributed by atoms with Crippen LogP contribution in [0.3, 0.4) is 0 Å². The molecule has 0 aliphatic carbocycles. The summed E-state index contributed by atoms with van der Waals surface area (Å²) in [5.74, 6) is 0.150. The predicted octanol–water partition coefficient (Wildman–Crippen LogP) is 5.64. The van der Waals surface area contributed by atoms with Crippen LogP contribution in [0.15, 0.2) is 66.7 Å². The summed E-state index contributed by atoms with van der Waals surface area (Å²) in [6.45, 7) is 1.93. The highest BCUT2D eigenvalue weighted by molar-refractivity contribution is 5.97. The fourth-order valence-corrected chi connectivity index (χ4v) is 3.36. The number of hydrogen-bond donors (Lipinski definition) is 1. The van der Waals surface area contributed by atoms with E-state index in [9.17, 15) is 14.7 Å². The van der Waals surface area contributed by atoms with Crippen molar-refractivity contribution in [1.29, 1.82) is 0 Å². The molecular formula is C25H24O3. The number of ketones is 1. The lowest BCUT2D eigenvalue weighted by Gasteiger charge is -2.10. The number of carbonyl (C=O) groups is 2. The first-order chi connectivity index (χ1) is 13.6. The Morgan fingerprint density at radius 2 is 1.75 bits per heavy atom. The predicted molar refractivity (Wildman–Crippen MR) is 112 cm³/mol. The van der Waals surface area contributed by atoms with Crippen LogP contribution < -0.4 is 0 Å². The van der Waals surface area contributed by atoms with E-state index in [1.165, 1.54) is 5.56 Å². The normalized spacial score (nSPS) is 10.6. The Kier molecular flexibility index (Phi) is 6.38. The van der Waals surface area contributed by atoms with Gasteiger partial charge in [0.05, 0.1) is 5.56 Å². The molecule has 3 aromatic carbocycles. The maximum absolute atomic E-state index is 12.6. The van der Waals surface area contributed by atoms with Crippen LogP contribution in [-0.2, 0) is 12.8 Å². The van der Waals surface area contributed by atoms with Gasteiger partial charge in [-0.05, 0) is 59.7 Å². The fourth-order valence-electron chi connectivity index (χ4n) is 3.36. The van der Waals surface area contributed by atoms with Crippen LogP contribution in [0.5, 0.6) is 5.75 Å². The summed E-state index contributed by atoms with van der Waals surface area (Å²) in [4.78, 5) is 23.9. The molecule has 0 aliphatic rings. The first-order valence-electron chi connectivity index (χ1n) is 9.61. The van der Waals surface area contributed by atoms with Gasteiger partial charge in [-0.25, -0.2) is 0 Å². The zero-order valence-electron chi connectivity index (χ0n) is 16.0. The van der Waals surface area contributed by atoms with Crippen molar-refractivity contribution in [2.24, 2.45) is 0 Å². The number of aromatic hydroxyl groups is 1. The molecule has 3 nitrogen and oxygen atoms in total. The number of Topliss-reactive ketones (excluding diaryl/α,β-unsaturated/α-hetero) is 1. The van der Waals surface area contributed by atoms with Crippen LogP contribution >= 0.6 is 0 Å². The maximum atomic E-state index is 12.6. The van der Waals surface area contributed by atoms with E-state index in [1.807, 2.05) is 55.5 Å². The average Bonchev–Trinajstić information content (AvgIpc) is 2.74. The monoisotopic (exact) mass is 372 g/mol. The minimum Gasteiger partial charge on any atom is -0.507 e. The molecule has 0 unspecified atom stereocenters. The Balaban J connectivity index is 1.76. The van der Waals surface area contributed by atoms with Gasteiger partial charge in [-0.2, -0.15) is 0 Å². The number of aldehydes is 1. The maximum Gasteiger partial charge on any atom is 0.162 e. The van der Waals surface area contributed by atoms with Crippen LogP contribution in [0.1, 0.15) is 51.6 Å². The lowest BCUT2D eigenvalue weighted by molar-refractivity contribution is 0.0980. The van der Waals surface area contributed by atoms with Gasteiger partial charge >= 0.3 is 0 Å². The molecule has 0 spiro atoms. The van der Waals surface area contributed by atoms with Gasteiger partial charge in [-0.3, -0.25) is 9.59 Å². The molecule has 142 valence electrons. The van der Waals surface area contributed by atoms with Gasteiger partial charge in [0.25, 0.3) is 0 Å². The minimum absolute atomic E-state index is 0.0365. The summed E-state index contributed by atoms with van der Waals surface area (Å²) >= 11 is 0. The Labute approximate surface area is 165 Å². The molecule has 0 atom stereocenters. The van der Waals surface area contributed by atoms with E-state index in [4.69, 9.17) is 0 Å². The minimum atomic E-state index is 0.0365. The molecule has 0 aliphatic heterocycles. The number of aryl methyl sites for hydroxylation is 2. The summed E-state index contributed by atoms with van der Waals surface area (Å²) in [6.07, 6.45) is 3.47. The number of hydrogen-bond acceptors (Lipinski definition) is 3. The third-order valence-electron chi connectivity index (χ3n) is 4.96. The molecule has 3 aromatic rings. The second-order valence-electron chi connectivity index (χ2n) is 6.89. The Hall–Kier alpha value is -3.20. The molecule has 1 N–H and O–H groups in total. The van der Waals surface area contributed by atoms with E-state index < -0.39 is 0 Å². The summed E-state index contributed by atoms with van der Waals surface area (Å²) < 4.78 is 0. The molecule has 3 rings (SSSR count). The van der Waals surface area contributed by atoms with E-state index in [0.717, 1.165) is 29.5 Å². The van der Waals surface area contributed by atoms with E-state index in [-0.39, 0.29) is 17.1 Å². The quantitative estimate of drug-likeness (QED) is 0.411. The molecule has 28 heavy (non-hydrogen) atoms. The Morgan fingerprint density at radius 3 is 2.46 bits per heavy atom. The molecule has 0 amide bonds. The molecule has 0 saturated carbocycles. The summed E-state index contributed by atoms with van der Waals surface area (Å²) in [5.41, 5.74) is 4.60. The zero-order chi connectivity index (χ0) is 19.9. The lowest BCUT2D eigenvalue weighted by atomic mass is 9.95. The molecule has 0 radical (unpaired) electrons. The number of phenolic OH excluding ortho intramolecular Hbond substituents is 1. The van der Waals surface area contributed by atoms with Crippen molar-refractivity contribution in [2.75, 3.05) is 0 Å². The van der Waals surface area contributed by atoms with Gasteiger partial charge in [-0.15, -0.1) is 0 Å². The van der Waals surface area contributed by atoms with Gasteiger partial charge in [0.15, 0.2) is 12.1 Å². The second-order valence-corrected chi connectivity index (χ2v) is 6.89. The van der Waals surface area contributed by atoms with Gasteiger partial charge in [0, 0.05) is 12.0 Å². The zero-order valence-corrected chi connectivity index (χ0v) is 16.0. The average molecular weight is 372 g/mol. The third kappa shape index (κ3) is 4.55. The summed E-state index contributed by atoms with van der Waals surface area (Å²) in [5, 5.41) is 10.1. The first-order valence-corrected chi connectivity index (χ1v) is 9.61. The van der Waals surface area contributed by atoms with E-state index in [2.05, 4.69) is 12.1 Å². The van der Waals surface area contributed by atoms with Crippen molar-refractivity contribution in [3.63, 3.8) is 0 Å². The molecule has 0 heterocycles. The van der Waals surface area contributed by atoms with Crippen molar-refractivity contribution >= 4 is 12.1 Å². The van der Waals surface area contributed by atoms with Crippen molar-refractivity contribution in [3.05, 3.63) is 89.0 Å². The van der Waals surface area contributed by atoms with Crippen LogP contribution in [-0.4, -0.2) is 17.2 Å². The fraction of sp³-hybridized carbons (Fsp3) is 0.200. The van der Waals surface area contributed by atoms with Crippen molar-refractivity contribution < 1.29 is 14.7 Å². The van der Waals surface area contributed by atoms with Gasteiger partial charge in [0.1, 0.15) is 5.75 Å². The SMILES string of the molecule is CCc1cc(-c2cccc(C(=O)CCCc3ccccc3)c2)cc(C=O)c1O. The van der Waals surface area contributed by atoms with Crippen molar-refractivity contribution in [3.8, 4) is 16.9 Å². The second kappa shape index (κ2) is 9.14. The van der Waals surface area contributed by atoms with Gasteiger partial charge in [-0.1, -0.05) is 55.5 Å². The topological polar surface area (TPSA) is 54.4 Å². The molecule has 0 aromatic heterocycles. The van der Waals surface area contributed by atoms with E-state index in [0.29, 0.717) is 24.7 Å². The van der Waals surface area contributed by atoms with Crippen LogP contribution in [0.25, 0.3) is 11.1 Å². The van der Waals surface area contributed by atoms with Crippen molar-refractivity contribution in [2.45, 2.75) is 32.6 Å². The number of phenols is 1. The van der Waals surface area contributed by atoms with Crippen LogP contribution in [0.2, 0.25) is 0 Å². The molecule has 0 bridgehead atoms. The third-order valence-corrected chi connectivity index (χ3v) is 4.96. The van der Waals surface area contributed by atoms with E-state index in [1.54, 1.807) is 6.07 Å². The van der Waals surface area contributed by atoms with Crippen LogP contribution in [0, 0.1) is 0 Å². The first kappa shape index (κ1) is 19.6. The number of carbonyl (C=O) groups excluding carboxylic acids is 2. The molecule has 0 fully saturated rings. The van der Waals surface area contributed by atoms with E-state index >= 15 is 0 Å². The van der Waals surface area contributed by atoms with Gasteiger partial charge in [0.2, 0.25) is 0 Å². The number of benzene rings is 3. The Bertz CT molecular complexity index is 974. The molecular weight excluding hydrogens is 348 g/mol. The van der Waals surface area contributed by atoms with Crippen LogP contribution in [0.4, 0.5) is 0 Å². The van der Waals surface area contributed by atoms with Gasteiger partial charge < -0.3 is 5.11 Å². The smallest absolute Gasteiger partial charge is 0.162 e. The highest BCUT2D eigenvalue weighted by Gasteiger charge is 2.12. The standard InChI is InChI=1S/C25H24O3/c1-2-19-14-22(16-23(17-26)25(19)28)20-11-7-12-21(15-20)24(27)13-6-10-18-8-4-3-5-9-18/h3-5,7-9,11-12,14-17,28H,2,6,10,13H2,1H3.